The number of halogens is 1. The molecule has 0 unspecified atom stereocenters. The van der Waals surface area contributed by atoms with Crippen LogP contribution in [0.4, 0.5) is 9.52 Å². The van der Waals surface area contributed by atoms with Gasteiger partial charge in [-0.2, -0.15) is 0 Å². The Kier molecular flexibility index (Phi) is 5.71. The van der Waals surface area contributed by atoms with Crippen molar-refractivity contribution in [1.29, 1.82) is 0 Å². The highest BCUT2D eigenvalue weighted by molar-refractivity contribution is 7.92. The number of hydrogen-bond donors (Lipinski definition) is 1. The molecule has 10 heteroatoms. The average molecular weight is 422 g/mol. The lowest BCUT2D eigenvalue weighted by Crippen LogP contribution is -2.22. The monoisotopic (exact) mass is 422 g/mol. The van der Waals surface area contributed by atoms with Crippen LogP contribution >= 0.6 is 11.3 Å². The number of thiazole rings is 1. The Bertz CT molecular complexity index is 1140. The van der Waals surface area contributed by atoms with Gasteiger partial charge in [-0.25, -0.2) is 22.6 Å². The van der Waals surface area contributed by atoms with E-state index in [1.807, 2.05) is 0 Å². The highest BCUT2D eigenvalue weighted by Crippen LogP contribution is 2.27. The maximum absolute atomic E-state index is 12.9. The van der Waals surface area contributed by atoms with Gasteiger partial charge in [0.25, 0.3) is 0 Å². The smallest absolute Gasteiger partial charge is 0.338 e. The van der Waals surface area contributed by atoms with Crippen LogP contribution in [-0.4, -0.2) is 37.6 Å². The highest BCUT2D eigenvalue weighted by Gasteiger charge is 2.20. The Morgan fingerprint density at radius 2 is 1.89 bits per heavy atom. The van der Waals surface area contributed by atoms with E-state index in [1.54, 1.807) is 25.1 Å². The first-order valence-corrected chi connectivity index (χ1v) is 10.6. The van der Waals surface area contributed by atoms with E-state index in [0.29, 0.717) is 15.8 Å². The maximum Gasteiger partial charge on any atom is 0.338 e. The van der Waals surface area contributed by atoms with Gasteiger partial charge in [-0.1, -0.05) is 11.3 Å². The Labute approximate surface area is 164 Å². The van der Waals surface area contributed by atoms with E-state index >= 15 is 0 Å². The molecule has 0 fully saturated rings. The van der Waals surface area contributed by atoms with Crippen LogP contribution in [0.2, 0.25) is 0 Å². The molecule has 0 aliphatic heterocycles. The minimum Gasteiger partial charge on any atom is -0.462 e. The van der Waals surface area contributed by atoms with E-state index in [-0.39, 0.29) is 16.6 Å². The molecular formula is C18H15FN2O5S2. The Balaban J connectivity index is 1.74. The van der Waals surface area contributed by atoms with Crippen molar-refractivity contribution in [2.75, 3.05) is 17.7 Å². The number of aromatic nitrogens is 1. The first kappa shape index (κ1) is 19.9. The van der Waals surface area contributed by atoms with E-state index in [4.69, 9.17) is 4.74 Å². The molecular weight excluding hydrogens is 407 g/mol. The summed E-state index contributed by atoms with van der Waals surface area (Å²) in [7, 11) is -3.91. The molecule has 1 N–H and O–H groups in total. The highest BCUT2D eigenvalue weighted by atomic mass is 32.2. The van der Waals surface area contributed by atoms with Crippen molar-refractivity contribution >= 4 is 48.4 Å². The van der Waals surface area contributed by atoms with Crippen LogP contribution in [0.5, 0.6) is 0 Å². The van der Waals surface area contributed by atoms with Gasteiger partial charge in [0.15, 0.2) is 15.0 Å². The number of sulfone groups is 1. The molecule has 3 aromatic rings. The maximum atomic E-state index is 12.9. The molecule has 0 radical (unpaired) electrons. The number of nitrogens with one attached hydrogen (secondary N) is 1. The fourth-order valence-electron chi connectivity index (χ4n) is 2.37. The molecule has 1 heterocycles. The number of hydrogen-bond acceptors (Lipinski definition) is 7. The Morgan fingerprint density at radius 1 is 1.18 bits per heavy atom. The van der Waals surface area contributed by atoms with Crippen LogP contribution in [0.25, 0.3) is 10.2 Å². The molecule has 3 rings (SSSR count). The van der Waals surface area contributed by atoms with Gasteiger partial charge >= 0.3 is 5.97 Å². The minimum atomic E-state index is -3.91. The second kappa shape index (κ2) is 8.03. The normalized spacial score (nSPS) is 11.4. The molecule has 1 amide bonds. The molecule has 0 aliphatic rings. The van der Waals surface area contributed by atoms with Gasteiger partial charge < -0.3 is 10.1 Å². The molecule has 0 spiro atoms. The summed E-state index contributed by atoms with van der Waals surface area (Å²) in [5.74, 6) is -2.61. The number of fused-ring (bicyclic) bond motifs is 1. The molecule has 0 atom stereocenters. The Hall–Kier alpha value is -2.85. The van der Waals surface area contributed by atoms with Crippen LogP contribution in [0, 0.1) is 5.82 Å². The summed E-state index contributed by atoms with van der Waals surface area (Å²) in [5.41, 5.74) is 0.907. The summed E-state index contributed by atoms with van der Waals surface area (Å²) in [6.45, 7) is 1.96. The van der Waals surface area contributed by atoms with E-state index < -0.39 is 33.3 Å². The van der Waals surface area contributed by atoms with E-state index in [9.17, 15) is 22.4 Å². The first-order valence-electron chi connectivity index (χ1n) is 8.14. The number of amides is 1. The Morgan fingerprint density at radius 3 is 2.57 bits per heavy atom. The molecule has 0 aliphatic carbocycles. The fourth-order valence-corrected chi connectivity index (χ4v) is 4.43. The molecule has 1 aromatic heterocycles. The first-order chi connectivity index (χ1) is 13.3. The topological polar surface area (TPSA) is 102 Å². The summed E-state index contributed by atoms with van der Waals surface area (Å²) in [4.78, 5) is 28.0. The molecule has 28 heavy (non-hydrogen) atoms. The SMILES string of the molecule is CCOC(=O)c1ccc2nc(NC(=O)CS(=O)(=O)c3ccc(F)cc3)sc2c1. The lowest BCUT2D eigenvalue weighted by Gasteiger charge is -2.04. The summed E-state index contributed by atoms with van der Waals surface area (Å²) in [6.07, 6.45) is 0. The van der Waals surface area contributed by atoms with E-state index in [1.165, 1.54) is 0 Å². The second-order valence-corrected chi connectivity index (χ2v) is 8.70. The number of carbonyl (C=O) groups is 2. The quantitative estimate of drug-likeness (QED) is 0.484. The zero-order valence-electron chi connectivity index (χ0n) is 14.6. The van der Waals surface area contributed by atoms with Crippen LogP contribution in [0.15, 0.2) is 47.4 Å². The van der Waals surface area contributed by atoms with Crippen molar-refractivity contribution in [3.05, 3.63) is 53.8 Å². The van der Waals surface area contributed by atoms with Gasteiger partial charge in [0.05, 0.1) is 27.3 Å². The lowest BCUT2D eigenvalue weighted by molar-refractivity contribution is -0.113. The molecule has 146 valence electrons. The summed E-state index contributed by atoms with van der Waals surface area (Å²) >= 11 is 1.10. The molecule has 0 bridgehead atoms. The molecule has 7 nitrogen and oxygen atoms in total. The third-order valence-corrected chi connectivity index (χ3v) is 6.21. The standard InChI is InChI=1S/C18H15FN2O5S2/c1-2-26-17(23)11-3-8-14-15(9-11)27-18(20-14)21-16(22)10-28(24,25)13-6-4-12(19)5-7-13/h3-9H,2,10H2,1H3,(H,20,21,22). The summed E-state index contributed by atoms with van der Waals surface area (Å²) < 4.78 is 43.0. The van der Waals surface area contributed by atoms with Crippen LogP contribution < -0.4 is 5.32 Å². The lowest BCUT2D eigenvalue weighted by atomic mass is 10.2. The largest absolute Gasteiger partial charge is 0.462 e. The van der Waals surface area contributed by atoms with Crippen molar-refractivity contribution < 1.29 is 27.1 Å². The van der Waals surface area contributed by atoms with Crippen LogP contribution in [0.1, 0.15) is 17.3 Å². The number of carbonyl (C=O) groups excluding carboxylic acids is 2. The van der Waals surface area contributed by atoms with E-state index in [2.05, 4.69) is 10.3 Å². The fraction of sp³-hybridized carbons (Fsp3) is 0.167. The third kappa shape index (κ3) is 4.52. The molecule has 0 saturated carbocycles. The predicted octanol–water partition coefficient (Wildman–Crippen LogP) is 3.02. The summed E-state index contributed by atoms with van der Waals surface area (Å²) in [5, 5.41) is 2.65. The van der Waals surface area contributed by atoms with Crippen molar-refractivity contribution in [1.82, 2.24) is 4.98 Å². The zero-order chi connectivity index (χ0) is 20.3. The van der Waals surface area contributed by atoms with Gasteiger partial charge in [-0.05, 0) is 49.4 Å². The van der Waals surface area contributed by atoms with Gasteiger partial charge in [-0.3, -0.25) is 4.79 Å². The van der Waals surface area contributed by atoms with E-state index in [0.717, 1.165) is 35.6 Å². The van der Waals surface area contributed by atoms with Crippen LogP contribution in [-0.2, 0) is 19.4 Å². The van der Waals surface area contributed by atoms with Crippen molar-refractivity contribution in [3.63, 3.8) is 0 Å². The van der Waals surface area contributed by atoms with Crippen molar-refractivity contribution in [2.24, 2.45) is 0 Å². The predicted molar refractivity (Wildman–Crippen MR) is 103 cm³/mol. The summed E-state index contributed by atoms with van der Waals surface area (Å²) in [6, 6.07) is 9.00. The number of nitrogens with zero attached hydrogens (tertiary/aromatic N) is 1. The second-order valence-electron chi connectivity index (χ2n) is 5.68. The number of benzene rings is 2. The number of esters is 1. The van der Waals surface area contributed by atoms with Gasteiger partial charge in [-0.15, -0.1) is 0 Å². The van der Waals surface area contributed by atoms with Crippen LogP contribution in [0.3, 0.4) is 0 Å². The van der Waals surface area contributed by atoms with Gasteiger partial charge in [0.1, 0.15) is 11.6 Å². The number of rotatable bonds is 6. The third-order valence-electron chi connectivity index (χ3n) is 3.64. The number of anilines is 1. The van der Waals surface area contributed by atoms with Gasteiger partial charge in [0, 0.05) is 0 Å². The molecule has 2 aromatic carbocycles. The number of ether oxygens (including phenoxy) is 1. The van der Waals surface area contributed by atoms with Gasteiger partial charge in [0.2, 0.25) is 5.91 Å². The average Bonchev–Trinajstić information content (AvgIpc) is 3.02. The molecule has 0 saturated heterocycles. The minimum absolute atomic E-state index is 0.146. The zero-order valence-corrected chi connectivity index (χ0v) is 16.3. The van der Waals surface area contributed by atoms with Crippen molar-refractivity contribution in [3.8, 4) is 0 Å². The van der Waals surface area contributed by atoms with Crippen molar-refractivity contribution in [2.45, 2.75) is 11.8 Å².